The second-order valence-electron chi connectivity index (χ2n) is 7.75. The number of aromatic nitrogens is 4. The highest BCUT2D eigenvalue weighted by molar-refractivity contribution is 5.90. The molecule has 0 aliphatic carbocycles. The van der Waals surface area contributed by atoms with E-state index in [2.05, 4.69) is 15.3 Å². The van der Waals surface area contributed by atoms with Gasteiger partial charge in [-0.15, -0.1) is 5.10 Å². The smallest absolute Gasteiger partial charge is 0.270 e. The normalized spacial score (nSPS) is 10.3. The monoisotopic (exact) mass is 483 g/mol. The minimum atomic E-state index is -0.608. The predicted molar refractivity (Wildman–Crippen MR) is 134 cm³/mol. The van der Waals surface area contributed by atoms with Crippen LogP contribution in [0.2, 0.25) is 0 Å². The van der Waals surface area contributed by atoms with Gasteiger partial charge < -0.3 is 19.6 Å². The fraction of sp³-hybridized carbons (Fsp3) is 0.111. The Balaban J connectivity index is 0.000000174. The summed E-state index contributed by atoms with van der Waals surface area (Å²) in [6.45, 7) is 2.65. The highest BCUT2D eigenvalue weighted by Crippen LogP contribution is 2.22. The number of hydrogen-bond acceptors (Lipinski definition) is 7. The standard InChI is InChI=1S/C16H15N3O.C11H10N2O3/c1-13-11-19(18-17-13)12-14-7-9-16(10-8-14)20-15-5-3-2-4-6-15;1-15-8-4-2-7(3-5-8)11-13-9(6-16-11)10(12)14/h2-11H,12H2,1H3;2-6H,1H3,(H2,12,14). The van der Waals surface area contributed by atoms with Crippen molar-refractivity contribution in [2.45, 2.75) is 13.5 Å². The van der Waals surface area contributed by atoms with E-state index in [0.717, 1.165) is 34.1 Å². The third-order valence-corrected chi connectivity index (χ3v) is 4.99. The van der Waals surface area contributed by atoms with Crippen molar-refractivity contribution in [1.29, 1.82) is 0 Å². The number of amides is 1. The van der Waals surface area contributed by atoms with E-state index >= 15 is 0 Å². The summed E-state index contributed by atoms with van der Waals surface area (Å²) in [6.07, 6.45) is 3.16. The Hall–Kier alpha value is -4.92. The van der Waals surface area contributed by atoms with Gasteiger partial charge >= 0.3 is 0 Å². The quantitative estimate of drug-likeness (QED) is 0.351. The Morgan fingerprint density at radius 2 is 1.61 bits per heavy atom. The zero-order valence-corrected chi connectivity index (χ0v) is 19.9. The van der Waals surface area contributed by atoms with Crippen LogP contribution in [0, 0.1) is 6.92 Å². The number of ether oxygens (including phenoxy) is 2. The largest absolute Gasteiger partial charge is 0.497 e. The molecular formula is C27H25N5O4. The van der Waals surface area contributed by atoms with Crippen molar-refractivity contribution in [3.63, 3.8) is 0 Å². The highest BCUT2D eigenvalue weighted by Gasteiger charge is 2.10. The first-order chi connectivity index (χ1) is 17.5. The molecule has 0 saturated carbocycles. The average molecular weight is 484 g/mol. The molecule has 3 aromatic carbocycles. The van der Waals surface area contributed by atoms with Gasteiger partial charge in [0.15, 0.2) is 5.69 Å². The van der Waals surface area contributed by atoms with Gasteiger partial charge in [0.05, 0.1) is 19.3 Å². The second-order valence-corrected chi connectivity index (χ2v) is 7.75. The van der Waals surface area contributed by atoms with Crippen LogP contribution in [0.15, 0.2) is 95.7 Å². The van der Waals surface area contributed by atoms with E-state index in [-0.39, 0.29) is 5.69 Å². The van der Waals surface area contributed by atoms with Gasteiger partial charge in [-0.1, -0.05) is 35.5 Å². The Morgan fingerprint density at radius 3 is 2.19 bits per heavy atom. The Labute approximate surface area is 208 Å². The molecule has 0 radical (unpaired) electrons. The van der Waals surface area contributed by atoms with E-state index in [1.807, 2.05) is 72.4 Å². The van der Waals surface area contributed by atoms with Crippen LogP contribution in [0.1, 0.15) is 21.7 Å². The van der Waals surface area contributed by atoms with Gasteiger partial charge in [0, 0.05) is 11.8 Å². The van der Waals surface area contributed by atoms with Gasteiger partial charge in [-0.2, -0.15) is 0 Å². The number of methoxy groups -OCH3 is 1. The van der Waals surface area contributed by atoms with Gasteiger partial charge in [0.2, 0.25) is 5.89 Å². The van der Waals surface area contributed by atoms with Crippen LogP contribution in [0.3, 0.4) is 0 Å². The van der Waals surface area contributed by atoms with Crippen molar-refractivity contribution in [3.05, 3.63) is 108 Å². The number of oxazole rings is 1. The van der Waals surface area contributed by atoms with E-state index in [0.29, 0.717) is 12.4 Å². The molecule has 0 aliphatic heterocycles. The SMILES string of the molecule is COc1ccc(-c2nc(C(N)=O)co2)cc1.Cc1cn(Cc2ccc(Oc3ccccc3)cc2)nn1. The molecule has 0 atom stereocenters. The molecule has 182 valence electrons. The number of nitrogens with two attached hydrogens (primary N) is 1. The molecule has 9 heteroatoms. The molecule has 2 N–H and O–H groups in total. The third-order valence-electron chi connectivity index (χ3n) is 4.99. The molecular weight excluding hydrogens is 458 g/mol. The van der Waals surface area contributed by atoms with Crippen LogP contribution in [0.25, 0.3) is 11.5 Å². The molecule has 2 aromatic heterocycles. The summed E-state index contributed by atoms with van der Waals surface area (Å²) in [5, 5.41) is 8.01. The average Bonchev–Trinajstić information content (AvgIpc) is 3.56. The third kappa shape index (κ3) is 6.57. The molecule has 5 rings (SSSR count). The van der Waals surface area contributed by atoms with Gasteiger partial charge in [0.1, 0.15) is 23.5 Å². The topological polar surface area (TPSA) is 118 Å². The maximum Gasteiger partial charge on any atom is 0.270 e. The number of para-hydroxylation sites is 1. The first kappa shape index (κ1) is 24.2. The number of hydrogen-bond donors (Lipinski definition) is 1. The molecule has 0 aliphatic rings. The van der Waals surface area contributed by atoms with Crippen LogP contribution in [-0.2, 0) is 6.54 Å². The summed E-state index contributed by atoms with van der Waals surface area (Å²) in [4.78, 5) is 14.8. The van der Waals surface area contributed by atoms with E-state index in [9.17, 15) is 4.79 Å². The van der Waals surface area contributed by atoms with Gasteiger partial charge in [0.25, 0.3) is 5.91 Å². The van der Waals surface area contributed by atoms with Gasteiger partial charge in [-0.3, -0.25) is 4.79 Å². The Morgan fingerprint density at radius 1 is 0.944 bits per heavy atom. The summed E-state index contributed by atoms with van der Waals surface area (Å²) >= 11 is 0. The second kappa shape index (κ2) is 11.5. The van der Waals surface area contributed by atoms with Gasteiger partial charge in [-0.25, -0.2) is 9.67 Å². The highest BCUT2D eigenvalue weighted by atomic mass is 16.5. The number of primary amides is 1. The zero-order valence-electron chi connectivity index (χ0n) is 19.9. The number of rotatable bonds is 7. The number of nitrogens with zero attached hydrogens (tertiary/aromatic N) is 4. The lowest BCUT2D eigenvalue weighted by Gasteiger charge is -2.06. The summed E-state index contributed by atoms with van der Waals surface area (Å²) in [7, 11) is 1.59. The molecule has 5 aromatic rings. The predicted octanol–water partition coefficient (Wildman–Crippen LogP) is 4.88. The summed E-state index contributed by atoms with van der Waals surface area (Å²) in [5.74, 6) is 2.16. The van der Waals surface area contributed by atoms with Crippen molar-refractivity contribution >= 4 is 5.91 Å². The van der Waals surface area contributed by atoms with Crippen LogP contribution in [0.4, 0.5) is 0 Å². The maximum atomic E-state index is 10.8. The molecule has 0 bridgehead atoms. The van der Waals surface area contributed by atoms with Crippen LogP contribution in [0.5, 0.6) is 17.2 Å². The molecule has 0 saturated heterocycles. The Kier molecular flexibility index (Phi) is 7.72. The minimum absolute atomic E-state index is 0.116. The summed E-state index contributed by atoms with van der Waals surface area (Å²) in [5.41, 5.74) is 8.03. The van der Waals surface area contributed by atoms with Crippen molar-refractivity contribution < 1.29 is 18.7 Å². The van der Waals surface area contributed by atoms with E-state index in [4.69, 9.17) is 19.6 Å². The first-order valence-corrected chi connectivity index (χ1v) is 11.1. The summed E-state index contributed by atoms with van der Waals surface area (Å²) < 4.78 is 17.7. The molecule has 0 spiro atoms. The van der Waals surface area contributed by atoms with E-state index in [1.165, 1.54) is 6.26 Å². The van der Waals surface area contributed by atoms with Crippen LogP contribution >= 0.6 is 0 Å². The molecule has 0 unspecified atom stereocenters. The van der Waals surface area contributed by atoms with Crippen LogP contribution in [-0.4, -0.2) is 33.0 Å². The molecule has 2 heterocycles. The van der Waals surface area contributed by atoms with Crippen LogP contribution < -0.4 is 15.2 Å². The lowest BCUT2D eigenvalue weighted by Crippen LogP contribution is -2.10. The zero-order chi connectivity index (χ0) is 25.3. The fourth-order valence-corrected chi connectivity index (χ4v) is 3.20. The number of aryl methyl sites for hydroxylation is 1. The van der Waals surface area contributed by atoms with Crippen molar-refractivity contribution in [2.75, 3.05) is 7.11 Å². The number of carbonyl (C=O) groups is 1. The number of benzene rings is 3. The molecule has 1 amide bonds. The fourth-order valence-electron chi connectivity index (χ4n) is 3.20. The van der Waals surface area contributed by atoms with Gasteiger partial charge in [-0.05, 0) is 61.0 Å². The molecule has 36 heavy (non-hydrogen) atoms. The first-order valence-electron chi connectivity index (χ1n) is 11.1. The summed E-state index contributed by atoms with van der Waals surface area (Å²) in [6, 6.07) is 24.9. The van der Waals surface area contributed by atoms with E-state index < -0.39 is 5.91 Å². The maximum absolute atomic E-state index is 10.8. The number of carbonyl (C=O) groups excluding carboxylic acids is 1. The molecule has 9 nitrogen and oxygen atoms in total. The molecule has 0 fully saturated rings. The lowest BCUT2D eigenvalue weighted by atomic mass is 10.2. The lowest BCUT2D eigenvalue weighted by molar-refractivity contribution is 0.0995. The van der Waals surface area contributed by atoms with Crippen molar-refractivity contribution in [3.8, 4) is 28.7 Å². The van der Waals surface area contributed by atoms with E-state index in [1.54, 1.807) is 31.4 Å². The Bertz CT molecular complexity index is 1390. The van der Waals surface area contributed by atoms with Crippen molar-refractivity contribution in [2.24, 2.45) is 5.73 Å². The van der Waals surface area contributed by atoms with Crippen molar-refractivity contribution in [1.82, 2.24) is 20.0 Å². The minimum Gasteiger partial charge on any atom is -0.497 e.